The predicted octanol–water partition coefficient (Wildman–Crippen LogP) is 1.75. The second-order valence-corrected chi connectivity index (χ2v) is 5.35. The molecule has 2 aliphatic rings. The van der Waals surface area contributed by atoms with Crippen molar-refractivity contribution >= 4 is 5.69 Å². The highest BCUT2D eigenvalue weighted by Gasteiger charge is 2.56. The smallest absolute Gasteiger partial charge is 0.119 e. The number of nitrogens with two attached hydrogens (primary N) is 1. The second kappa shape index (κ2) is 3.64. The van der Waals surface area contributed by atoms with E-state index in [2.05, 4.69) is 24.1 Å². The Kier molecular flexibility index (Phi) is 2.33. The topological polar surface area (TPSA) is 38.5 Å². The summed E-state index contributed by atoms with van der Waals surface area (Å²) in [7, 11) is 3.90. The number of hydrogen-bond donors (Lipinski definition) is 1. The molecule has 1 fully saturated rings. The molecule has 2 N–H and O–H groups in total. The number of hydrogen-bond acceptors (Lipinski definition) is 3. The van der Waals surface area contributed by atoms with E-state index in [0.29, 0.717) is 11.3 Å². The largest absolute Gasteiger partial charge is 0.497 e. The zero-order valence-corrected chi connectivity index (χ0v) is 10.6. The molecule has 2 atom stereocenters. The molecule has 3 rings (SSSR count). The minimum absolute atomic E-state index is 0.352. The van der Waals surface area contributed by atoms with Gasteiger partial charge in [-0.1, -0.05) is 0 Å². The lowest BCUT2D eigenvalue weighted by Gasteiger charge is -2.34. The standard InChI is InChI=1S/C14H20N2O/c1-16-6-5-14(8-10(14)9-15)12-7-11(17-2)3-4-13(12)16/h3-4,7,10H,5-6,8-9,15H2,1-2H3. The van der Waals surface area contributed by atoms with Crippen LogP contribution >= 0.6 is 0 Å². The predicted molar refractivity (Wildman–Crippen MR) is 69.7 cm³/mol. The average molecular weight is 232 g/mol. The molecule has 1 aromatic carbocycles. The Balaban J connectivity index is 2.07. The van der Waals surface area contributed by atoms with E-state index in [0.717, 1.165) is 18.8 Å². The van der Waals surface area contributed by atoms with E-state index in [1.165, 1.54) is 24.1 Å². The summed E-state index contributed by atoms with van der Waals surface area (Å²) in [6.45, 7) is 1.94. The van der Waals surface area contributed by atoms with Crippen LogP contribution in [0.5, 0.6) is 5.75 Å². The van der Waals surface area contributed by atoms with Gasteiger partial charge in [0, 0.05) is 24.7 Å². The summed E-state index contributed by atoms with van der Waals surface area (Å²) in [4.78, 5) is 2.34. The number of benzene rings is 1. The van der Waals surface area contributed by atoms with Crippen LogP contribution in [0.2, 0.25) is 0 Å². The van der Waals surface area contributed by atoms with Crippen molar-refractivity contribution in [2.24, 2.45) is 11.7 Å². The summed E-state index contributed by atoms with van der Waals surface area (Å²) >= 11 is 0. The van der Waals surface area contributed by atoms with Crippen LogP contribution in [0.25, 0.3) is 0 Å². The fraction of sp³-hybridized carbons (Fsp3) is 0.571. The minimum Gasteiger partial charge on any atom is -0.497 e. The molecule has 17 heavy (non-hydrogen) atoms. The summed E-state index contributed by atoms with van der Waals surface area (Å²) in [5.74, 6) is 1.63. The highest BCUT2D eigenvalue weighted by Crippen LogP contribution is 2.60. The van der Waals surface area contributed by atoms with E-state index in [1.54, 1.807) is 7.11 Å². The fourth-order valence-corrected chi connectivity index (χ4v) is 3.32. The molecule has 1 saturated carbocycles. The first-order valence-electron chi connectivity index (χ1n) is 6.31. The molecule has 92 valence electrons. The van der Waals surface area contributed by atoms with Gasteiger partial charge in [0.1, 0.15) is 5.75 Å². The SMILES string of the molecule is COc1ccc2c(c1)C1(CCN2C)CC1CN. The van der Waals surface area contributed by atoms with E-state index in [-0.39, 0.29) is 0 Å². The van der Waals surface area contributed by atoms with Gasteiger partial charge < -0.3 is 15.4 Å². The minimum atomic E-state index is 0.352. The van der Waals surface area contributed by atoms with Crippen molar-refractivity contribution in [3.63, 3.8) is 0 Å². The molecule has 1 aliphatic heterocycles. The average Bonchev–Trinajstić information content (AvgIpc) is 3.08. The Bertz CT molecular complexity index is 446. The Hall–Kier alpha value is -1.22. The number of methoxy groups -OCH3 is 1. The van der Waals surface area contributed by atoms with Crippen molar-refractivity contribution in [3.05, 3.63) is 23.8 Å². The molecule has 0 saturated heterocycles. The second-order valence-electron chi connectivity index (χ2n) is 5.35. The summed E-state index contributed by atoms with van der Waals surface area (Å²) in [5.41, 5.74) is 9.01. The van der Waals surface area contributed by atoms with E-state index in [1.807, 2.05) is 6.07 Å². The maximum absolute atomic E-state index is 5.86. The third-order valence-electron chi connectivity index (χ3n) is 4.56. The molecule has 0 amide bonds. The van der Waals surface area contributed by atoms with Crippen LogP contribution in [0.3, 0.4) is 0 Å². The van der Waals surface area contributed by atoms with Gasteiger partial charge >= 0.3 is 0 Å². The molecule has 0 radical (unpaired) electrons. The third kappa shape index (κ3) is 1.45. The first-order valence-corrected chi connectivity index (χ1v) is 6.31. The molecule has 3 nitrogen and oxygen atoms in total. The molecule has 1 aromatic rings. The van der Waals surface area contributed by atoms with Crippen LogP contribution in [0, 0.1) is 5.92 Å². The summed E-state index contributed by atoms with van der Waals surface area (Å²) in [5, 5.41) is 0. The number of fused-ring (bicyclic) bond motifs is 2. The van der Waals surface area contributed by atoms with Crippen LogP contribution < -0.4 is 15.4 Å². The zero-order chi connectivity index (χ0) is 12.0. The molecule has 1 spiro atoms. The zero-order valence-electron chi connectivity index (χ0n) is 10.6. The van der Waals surface area contributed by atoms with Gasteiger partial charge in [0.2, 0.25) is 0 Å². The van der Waals surface area contributed by atoms with Gasteiger partial charge in [0.05, 0.1) is 7.11 Å². The van der Waals surface area contributed by atoms with Crippen LogP contribution in [-0.4, -0.2) is 27.2 Å². The van der Waals surface area contributed by atoms with E-state index < -0.39 is 0 Å². The normalized spacial score (nSPS) is 30.3. The van der Waals surface area contributed by atoms with Gasteiger partial charge in [0.25, 0.3) is 0 Å². The number of rotatable bonds is 2. The maximum Gasteiger partial charge on any atom is 0.119 e. The Morgan fingerprint density at radius 1 is 1.53 bits per heavy atom. The van der Waals surface area contributed by atoms with Crippen molar-refractivity contribution in [2.45, 2.75) is 18.3 Å². The number of anilines is 1. The molecule has 1 heterocycles. The van der Waals surface area contributed by atoms with Gasteiger partial charge in [-0.15, -0.1) is 0 Å². The molecular formula is C14H20N2O. The molecule has 3 heteroatoms. The lowest BCUT2D eigenvalue weighted by atomic mass is 9.84. The fourth-order valence-electron chi connectivity index (χ4n) is 3.32. The van der Waals surface area contributed by atoms with E-state index in [4.69, 9.17) is 10.5 Å². The quantitative estimate of drug-likeness (QED) is 0.844. The van der Waals surface area contributed by atoms with Crippen molar-refractivity contribution in [1.29, 1.82) is 0 Å². The van der Waals surface area contributed by atoms with Gasteiger partial charge in [-0.2, -0.15) is 0 Å². The lowest BCUT2D eigenvalue weighted by molar-refractivity contribution is 0.412. The summed E-state index contributed by atoms with van der Waals surface area (Å²) in [6, 6.07) is 6.44. The Labute approximate surface area is 103 Å². The van der Waals surface area contributed by atoms with Gasteiger partial charge in [-0.3, -0.25) is 0 Å². The molecule has 0 bridgehead atoms. The third-order valence-corrected chi connectivity index (χ3v) is 4.56. The highest BCUT2D eigenvalue weighted by atomic mass is 16.5. The van der Waals surface area contributed by atoms with Crippen molar-refractivity contribution in [2.75, 3.05) is 32.1 Å². The molecule has 1 aliphatic carbocycles. The van der Waals surface area contributed by atoms with E-state index >= 15 is 0 Å². The van der Waals surface area contributed by atoms with Crippen LogP contribution in [0.4, 0.5) is 5.69 Å². The first kappa shape index (κ1) is 10.9. The lowest BCUT2D eigenvalue weighted by Crippen LogP contribution is -2.32. The van der Waals surface area contributed by atoms with Crippen LogP contribution in [-0.2, 0) is 5.41 Å². The first-order chi connectivity index (χ1) is 8.21. The van der Waals surface area contributed by atoms with Gasteiger partial charge in [-0.25, -0.2) is 0 Å². The van der Waals surface area contributed by atoms with Gasteiger partial charge in [-0.05, 0) is 49.1 Å². The Morgan fingerprint density at radius 3 is 3.00 bits per heavy atom. The van der Waals surface area contributed by atoms with E-state index in [9.17, 15) is 0 Å². The maximum atomic E-state index is 5.86. The summed E-state index contributed by atoms with van der Waals surface area (Å²) in [6.07, 6.45) is 2.48. The monoisotopic (exact) mass is 232 g/mol. The van der Waals surface area contributed by atoms with Crippen LogP contribution in [0.1, 0.15) is 18.4 Å². The number of ether oxygens (including phenoxy) is 1. The number of nitrogens with zero attached hydrogens (tertiary/aromatic N) is 1. The summed E-state index contributed by atoms with van der Waals surface area (Å²) < 4.78 is 5.36. The van der Waals surface area contributed by atoms with Crippen molar-refractivity contribution < 1.29 is 4.74 Å². The molecule has 2 unspecified atom stereocenters. The van der Waals surface area contributed by atoms with Crippen molar-refractivity contribution in [3.8, 4) is 5.75 Å². The molecule has 0 aromatic heterocycles. The Morgan fingerprint density at radius 2 is 2.35 bits per heavy atom. The highest BCUT2D eigenvalue weighted by molar-refractivity contribution is 5.63. The van der Waals surface area contributed by atoms with Crippen molar-refractivity contribution in [1.82, 2.24) is 0 Å². The molecular weight excluding hydrogens is 212 g/mol. The van der Waals surface area contributed by atoms with Gasteiger partial charge in [0.15, 0.2) is 0 Å². The van der Waals surface area contributed by atoms with Crippen LogP contribution in [0.15, 0.2) is 18.2 Å².